The SMILES string of the molecule is CC(C)C(NC(=O)C(CC(N)=O)NC(=O)C(N)Cc1cnc[nH]1)C(=O)NC(Cc1ccccc1)C(=O)O. The third kappa shape index (κ3) is 9.37. The van der Waals surface area contributed by atoms with Gasteiger partial charge in [0, 0.05) is 24.7 Å². The fourth-order valence-corrected chi connectivity index (χ4v) is 3.52. The number of carbonyl (C=O) groups is 5. The van der Waals surface area contributed by atoms with Crippen molar-refractivity contribution >= 4 is 29.6 Å². The number of H-pyrrole nitrogens is 1. The fourth-order valence-electron chi connectivity index (χ4n) is 3.52. The van der Waals surface area contributed by atoms with E-state index in [1.165, 1.54) is 12.5 Å². The number of nitrogens with zero attached hydrogens (tertiary/aromatic N) is 1. The lowest BCUT2D eigenvalue weighted by Crippen LogP contribution is -2.59. The Morgan fingerprint density at radius 3 is 2.14 bits per heavy atom. The zero-order valence-corrected chi connectivity index (χ0v) is 20.6. The van der Waals surface area contributed by atoms with E-state index in [-0.39, 0.29) is 12.8 Å². The molecule has 0 saturated heterocycles. The Morgan fingerprint density at radius 1 is 0.946 bits per heavy atom. The number of rotatable bonds is 14. The van der Waals surface area contributed by atoms with Crippen molar-refractivity contribution in [1.82, 2.24) is 25.9 Å². The molecule has 0 fully saturated rings. The van der Waals surface area contributed by atoms with Crippen LogP contribution in [0.5, 0.6) is 0 Å². The summed E-state index contributed by atoms with van der Waals surface area (Å²) in [5, 5.41) is 16.9. The molecule has 13 heteroatoms. The van der Waals surface area contributed by atoms with Crippen LogP contribution in [0.3, 0.4) is 0 Å². The Bertz CT molecular complexity index is 1070. The summed E-state index contributed by atoms with van der Waals surface area (Å²) >= 11 is 0. The number of aliphatic carboxylic acids is 1. The molecule has 0 bridgehead atoms. The third-order valence-corrected chi connectivity index (χ3v) is 5.51. The molecule has 1 heterocycles. The molecule has 0 spiro atoms. The number of carboxylic acids is 1. The maximum atomic E-state index is 13.0. The second kappa shape index (κ2) is 13.7. The number of carboxylic acid groups (broad SMARTS) is 1. The smallest absolute Gasteiger partial charge is 0.326 e. The highest BCUT2D eigenvalue weighted by atomic mass is 16.4. The Kier molecular flexibility index (Phi) is 10.8. The van der Waals surface area contributed by atoms with E-state index in [1.54, 1.807) is 44.2 Å². The van der Waals surface area contributed by atoms with Crippen LogP contribution in [-0.2, 0) is 36.8 Å². The standard InChI is InChI=1S/C24H33N7O6/c1-13(2)20(23(35)30-18(24(36)37)8-14-6-4-3-5-7-14)31-22(34)17(10-19(26)32)29-21(33)16(25)9-15-11-27-12-28-15/h3-7,11-13,16-18,20H,8-10,25H2,1-2H3,(H2,26,32)(H,27,28)(H,29,33)(H,30,35)(H,31,34)(H,36,37). The molecule has 37 heavy (non-hydrogen) atoms. The van der Waals surface area contributed by atoms with Gasteiger partial charge in [-0.2, -0.15) is 0 Å². The van der Waals surface area contributed by atoms with E-state index in [2.05, 4.69) is 25.9 Å². The number of aromatic nitrogens is 2. The molecular formula is C24H33N7O6. The number of nitrogens with one attached hydrogen (secondary N) is 4. The van der Waals surface area contributed by atoms with Gasteiger partial charge < -0.3 is 37.5 Å². The summed E-state index contributed by atoms with van der Waals surface area (Å²) in [5.74, 6) is -4.84. The first-order valence-electron chi connectivity index (χ1n) is 11.7. The summed E-state index contributed by atoms with van der Waals surface area (Å²) < 4.78 is 0. The Balaban J connectivity index is 2.09. The molecule has 1 aromatic heterocycles. The molecule has 0 saturated carbocycles. The number of hydrogen-bond donors (Lipinski definition) is 7. The molecule has 0 aliphatic heterocycles. The van der Waals surface area contributed by atoms with Crippen LogP contribution in [0.25, 0.3) is 0 Å². The number of benzene rings is 1. The molecule has 9 N–H and O–H groups in total. The van der Waals surface area contributed by atoms with E-state index in [1.807, 2.05) is 0 Å². The maximum absolute atomic E-state index is 13.0. The van der Waals surface area contributed by atoms with Gasteiger partial charge in [0.2, 0.25) is 23.6 Å². The van der Waals surface area contributed by atoms with E-state index in [0.29, 0.717) is 11.3 Å². The highest BCUT2D eigenvalue weighted by Crippen LogP contribution is 2.08. The molecule has 0 aliphatic carbocycles. The second-order valence-electron chi connectivity index (χ2n) is 8.94. The number of carbonyl (C=O) groups excluding carboxylic acids is 4. The van der Waals surface area contributed by atoms with Crippen molar-refractivity contribution in [2.75, 3.05) is 0 Å². The number of amides is 4. The first-order chi connectivity index (χ1) is 17.5. The molecule has 13 nitrogen and oxygen atoms in total. The summed E-state index contributed by atoms with van der Waals surface area (Å²) in [5.41, 5.74) is 12.5. The van der Waals surface area contributed by atoms with Crippen molar-refractivity contribution in [2.45, 2.75) is 57.3 Å². The molecule has 2 rings (SSSR count). The molecule has 200 valence electrons. The average molecular weight is 516 g/mol. The Labute approximate surface area is 213 Å². The van der Waals surface area contributed by atoms with Crippen LogP contribution in [0, 0.1) is 5.92 Å². The minimum atomic E-state index is -1.40. The van der Waals surface area contributed by atoms with E-state index in [9.17, 15) is 29.1 Å². The summed E-state index contributed by atoms with van der Waals surface area (Å²) in [6.07, 6.45) is 2.53. The van der Waals surface area contributed by atoms with Crippen molar-refractivity contribution in [2.24, 2.45) is 17.4 Å². The van der Waals surface area contributed by atoms with Gasteiger partial charge in [0.05, 0.1) is 18.8 Å². The number of primary amides is 1. The Morgan fingerprint density at radius 2 is 1.59 bits per heavy atom. The third-order valence-electron chi connectivity index (χ3n) is 5.51. The monoisotopic (exact) mass is 515 g/mol. The summed E-state index contributed by atoms with van der Waals surface area (Å²) in [6.45, 7) is 3.30. The van der Waals surface area contributed by atoms with E-state index >= 15 is 0 Å². The van der Waals surface area contributed by atoms with E-state index in [0.717, 1.165) is 0 Å². The predicted molar refractivity (Wildman–Crippen MR) is 132 cm³/mol. The van der Waals surface area contributed by atoms with E-state index < -0.39 is 66.1 Å². The van der Waals surface area contributed by atoms with Gasteiger partial charge in [-0.1, -0.05) is 44.2 Å². The highest BCUT2D eigenvalue weighted by Gasteiger charge is 2.32. The van der Waals surface area contributed by atoms with Gasteiger partial charge in [0.1, 0.15) is 18.1 Å². The van der Waals surface area contributed by atoms with Gasteiger partial charge in [-0.25, -0.2) is 9.78 Å². The van der Waals surface area contributed by atoms with Gasteiger partial charge in [-0.3, -0.25) is 19.2 Å². The van der Waals surface area contributed by atoms with Crippen molar-refractivity contribution < 1.29 is 29.1 Å². The van der Waals surface area contributed by atoms with Gasteiger partial charge in [0.15, 0.2) is 0 Å². The zero-order chi connectivity index (χ0) is 27.5. The number of aromatic amines is 1. The van der Waals surface area contributed by atoms with Gasteiger partial charge >= 0.3 is 5.97 Å². The predicted octanol–water partition coefficient (Wildman–Crippen LogP) is -1.41. The topological polar surface area (TPSA) is 222 Å². The number of nitrogens with two attached hydrogens (primary N) is 2. The zero-order valence-electron chi connectivity index (χ0n) is 20.6. The van der Waals surface area contributed by atoms with Crippen LogP contribution in [0.15, 0.2) is 42.9 Å². The van der Waals surface area contributed by atoms with Crippen LogP contribution >= 0.6 is 0 Å². The van der Waals surface area contributed by atoms with Crippen molar-refractivity contribution in [3.63, 3.8) is 0 Å². The van der Waals surface area contributed by atoms with Gasteiger partial charge in [-0.15, -0.1) is 0 Å². The molecule has 4 unspecified atom stereocenters. The average Bonchev–Trinajstić information content (AvgIpc) is 3.34. The lowest BCUT2D eigenvalue weighted by Gasteiger charge is -2.26. The van der Waals surface area contributed by atoms with Crippen LogP contribution in [-0.4, -0.2) is 68.8 Å². The van der Waals surface area contributed by atoms with Crippen LogP contribution < -0.4 is 27.4 Å². The largest absolute Gasteiger partial charge is 0.480 e. The normalized spacial score (nSPS) is 14.2. The van der Waals surface area contributed by atoms with Crippen molar-refractivity contribution in [1.29, 1.82) is 0 Å². The molecule has 4 amide bonds. The molecule has 1 aromatic carbocycles. The Hall–Kier alpha value is -4.26. The molecule has 4 atom stereocenters. The summed E-state index contributed by atoms with van der Waals surface area (Å²) in [4.78, 5) is 68.5. The van der Waals surface area contributed by atoms with Crippen LogP contribution in [0.1, 0.15) is 31.5 Å². The molecule has 2 aromatic rings. The molecule has 0 aliphatic rings. The first-order valence-corrected chi connectivity index (χ1v) is 11.7. The molecule has 0 radical (unpaired) electrons. The number of imidazole rings is 1. The molecular weight excluding hydrogens is 482 g/mol. The number of hydrogen-bond acceptors (Lipinski definition) is 7. The summed E-state index contributed by atoms with van der Waals surface area (Å²) in [7, 11) is 0. The van der Waals surface area contributed by atoms with Crippen molar-refractivity contribution in [3.8, 4) is 0 Å². The minimum Gasteiger partial charge on any atom is -0.480 e. The first kappa shape index (κ1) is 29.0. The lowest BCUT2D eigenvalue weighted by atomic mass is 10.0. The highest BCUT2D eigenvalue weighted by molar-refractivity contribution is 5.96. The van der Waals surface area contributed by atoms with Crippen LogP contribution in [0.4, 0.5) is 0 Å². The maximum Gasteiger partial charge on any atom is 0.326 e. The van der Waals surface area contributed by atoms with E-state index in [4.69, 9.17) is 11.5 Å². The van der Waals surface area contributed by atoms with Crippen LogP contribution in [0.2, 0.25) is 0 Å². The lowest BCUT2D eigenvalue weighted by molar-refractivity contribution is -0.142. The second-order valence-corrected chi connectivity index (χ2v) is 8.94. The van der Waals surface area contributed by atoms with Gasteiger partial charge in [0.25, 0.3) is 0 Å². The van der Waals surface area contributed by atoms with Crippen molar-refractivity contribution in [3.05, 3.63) is 54.1 Å². The van der Waals surface area contributed by atoms with Gasteiger partial charge in [-0.05, 0) is 11.5 Å². The summed E-state index contributed by atoms with van der Waals surface area (Å²) in [6, 6.07) is 3.91. The fraction of sp³-hybridized carbons (Fsp3) is 0.417. The quantitative estimate of drug-likeness (QED) is 0.158. The minimum absolute atomic E-state index is 0.0370.